The summed E-state index contributed by atoms with van der Waals surface area (Å²) < 4.78 is 4.28. The van der Waals surface area contributed by atoms with Gasteiger partial charge in [-0.3, -0.25) is 10.1 Å². The number of hydrogen-bond donors (Lipinski definition) is 1. The average Bonchev–Trinajstić information content (AvgIpc) is 2.98. The first-order chi connectivity index (χ1) is 9.48. The summed E-state index contributed by atoms with van der Waals surface area (Å²) in [5, 5.41) is 4.29. The van der Waals surface area contributed by atoms with E-state index < -0.39 is 0 Å². The molecule has 2 aromatic heterocycles. The number of nitrogens with zero attached hydrogens (tertiary/aromatic N) is 2. The van der Waals surface area contributed by atoms with E-state index in [0.29, 0.717) is 0 Å². The van der Waals surface area contributed by atoms with Crippen molar-refractivity contribution in [2.75, 3.05) is 11.9 Å². The molecule has 0 unspecified atom stereocenters. The summed E-state index contributed by atoms with van der Waals surface area (Å²) in [5.74, 6) is 1.99. The van der Waals surface area contributed by atoms with Crippen LogP contribution < -0.4 is 15.4 Å². The molecule has 0 fully saturated rings. The average molecular weight is 308 g/mol. The predicted octanol–water partition coefficient (Wildman–Crippen LogP) is 1.88. The molecule has 0 aliphatic carbocycles. The van der Waals surface area contributed by atoms with Gasteiger partial charge in [0.1, 0.15) is 11.9 Å². The fourth-order valence-electron chi connectivity index (χ4n) is 3.19. The minimum Gasteiger partial charge on any atom is -0.274 e. The maximum Gasteiger partial charge on any atom is 0.361 e. The summed E-state index contributed by atoms with van der Waals surface area (Å²) >= 11 is 3.82. The summed E-state index contributed by atoms with van der Waals surface area (Å²) in [5.41, 5.74) is 1.46. The topological polar surface area (TPSA) is 37.9 Å². The zero-order valence-electron chi connectivity index (χ0n) is 11.9. The molecule has 4 nitrogen and oxygen atoms in total. The van der Waals surface area contributed by atoms with Crippen molar-refractivity contribution < 1.29 is 4.57 Å². The van der Waals surface area contributed by atoms with E-state index in [1.165, 1.54) is 10.4 Å². The summed E-state index contributed by atoms with van der Waals surface area (Å²) in [6.45, 7) is 6.42. The van der Waals surface area contributed by atoms with Crippen LogP contribution in [0.15, 0.2) is 4.79 Å². The van der Waals surface area contributed by atoms with Crippen LogP contribution >= 0.6 is 23.1 Å². The highest BCUT2D eigenvalue weighted by atomic mass is 32.2. The van der Waals surface area contributed by atoms with Crippen LogP contribution in [-0.4, -0.2) is 15.9 Å². The minimum absolute atomic E-state index is 0.154. The van der Waals surface area contributed by atoms with Crippen LogP contribution in [0.4, 0.5) is 5.95 Å². The Morgan fingerprint density at radius 2 is 2.20 bits per heavy atom. The molecule has 0 bridgehead atoms. The highest BCUT2D eigenvalue weighted by Crippen LogP contribution is 2.43. The van der Waals surface area contributed by atoms with Crippen LogP contribution in [0.5, 0.6) is 0 Å². The van der Waals surface area contributed by atoms with E-state index in [0.717, 1.165) is 41.4 Å². The van der Waals surface area contributed by atoms with Crippen molar-refractivity contribution in [3.63, 3.8) is 0 Å². The van der Waals surface area contributed by atoms with Crippen molar-refractivity contribution in [2.24, 2.45) is 7.05 Å². The summed E-state index contributed by atoms with van der Waals surface area (Å²) in [4.78, 5) is 15.3. The monoisotopic (exact) mass is 308 g/mol. The fourth-order valence-corrected chi connectivity index (χ4v) is 5.68. The maximum atomic E-state index is 12.7. The van der Waals surface area contributed by atoms with E-state index in [2.05, 4.69) is 23.7 Å². The predicted molar refractivity (Wildman–Crippen MR) is 84.8 cm³/mol. The first-order valence-corrected chi connectivity index (χ1v) is 8.73. The molecule has 0 saturated heterocycles. The molecule has 20 heavy (non-hydrogen) atoms. The molecule has 0 radical (unpaired) electrons. The largest absolute Gasteiger partial charge is 0.361 e. The van der Waals surface area contributed by atoms with Gasteiger partial charge in [0, 0.05) is 15.4 Å². The molecule has 0 amide bonds. The Morgan fingerprint density at radius 3 is 3.00 bits per heavy atom. The highest BCUT2D eigenvalue weighted by Gasteiger charge is 2.34. The van der Waals surface area contributed by atoms with Gasteiger partial charge in [-0.2, -0.15) is 4.57 Å². The Balaban J connectivity index is 2.10. The van der Waals surface area contributed by atoms with Gasteiger partial charge in [-0.1, -0.05) is 13.8 Å². The number of rotatable bonds is 0. The molecule has 0 spiro atoms. The van der Waals surface area contributed by atoms with Crippen LogP contribution in [-0.2, 0) is 25.8 Å². The van der Waals surface area contributed by atoms with E-state index in [9.17, 15) is 4.79 Å². The fraction of sp³-hybridized carbons (Fsp3) is 0.571. The van der Waals surface area contributed by atoms with Gasteiger partial charge < -0.3 is 0 Å². The zero-order chi connectivity index (χ0) is 14.1. The van der Waals surface area contributed by atoms with Gasteiger partial charge >= 0.3 is 11.5 Å². The van der Waals surface area contributed by atoms with Crippen LogP contribution in [0, 0.1) is 0 Å². The number of anilines is 1. The lowest BCUT2D eigenvalue weighted by molar-refractivity contribution is -0.645. The molecule has 1 N–H and O–H groups in total. The number of hydrogen-bond acceptors (Lipinski definition) is 4. The Kier molecular flexibility index (Phi) is 2.55. The van der Waals surface area contributed by atoms with Crippen LogP contribution in [0.1, 0.15) is 24.3 Å². The molecular formula is C14H18N3OS2+. The molecule has 4 heterocycles. The Morgan fingerprint density at radius 1 is 1.40 bits per heavy atom. The molecule has 0 atom stereocenters. The van der Waals surface area contributed by atoms with Gasteiger partial charge in [-0.05, 0) is 12.0 Å². The minimum atomic E-state index is 0.154. The molecule has 4 rings (SSSR count). The summed E-state index contributed by atoms with van der Waals surface area (Å²) in [6, 6.07) is 0. The number of thiophene rings is 1. The van der Waals surface area contributed by atoms with Gasteiger partial charge in [-0.25, -0.2) is 4.57 Å². The lowest BCUT2D eigenvalue weighted by atomic mass is 10.00. The van der Waals surface area contributed by atoms with Crippen molar-refractivity contribution in [1.29, 1.82) is 0 Å². The second-order valence-electron chi connectivity index (χ2n) is 6.18. The van der Waals surface area contributed by atoms with Crippen molar-refractivity contribution in [3.8, 4) is 0 Å². The van der Waals surface area contributed by atoms with Gasteiger partial charge in [0.15, 0.2) is 4.83 Å². The normalized spacial score (nSPS) is 19.8. The smallest absolute Gasteiger partial charge is 0.274 e. The third-order valence-corrected chi connectivity index (χ3v) is 7.02. The molecule has 2 aliphatic heterocycles. The highest BCUT2D eigenvalue weighted by molar-refractivity contribution is 8.00. The first-order valence-electron chi connectivity index (χ1n) is 6.93. The van der Waals surface area contributed by atoms with E-state index >= 15 is 0 Å². The molecule has 0 aromatic carbocycles. The van der Waals surface area contributed by atoms with Gasteiger partial charge in [0.05, 0.1) is 13.6 Å². The molecule has 6 heteroatoms. The number of nitrogens with one attached hydrogen (secondary N) is 1. The molecule has 2 aromatic rings. The summed E-state index contributed by atoms with van der Waals surface area (Å²) in [7, 11) is 1.87. The lowest BCUT2D eigenvalue weighted by Gasteiger charge is -2.28. The number of thioether (sulfide) groups is 1. The molecular weight excluding hydrogens is 290 g/mol. The molecule has 106 valence electrons. The van der Waals surface area contributed by atoms with Crippen molar-refractivity contribution in [1.82, 2.24) is 4.57 Å². The second kappa shape index (κ2) is 4.01. The zero-order valence-corrected chi connectivity index (χ0v) is 13.6. The number of aromatic nitrogens is 2. The van der Waals surface area contributed by atoms with Crippen LogP contribution in [0.25, 0.3) is 10.2 Å². The van der Waals surface area contributed by atoms with Crippen molar-refractivity contribution >= 4 is 39.3 Å². The number of fused-ring (bicyclic) bond motifs is 5. The third kappa shape index (κ3) is 1.61. The standard InChI is InChI=1S/C14H17N3OS2/c1-14(2)6-8-9(7-19-14)20-12-10(8)11(18)16(3)13-15-4-5-17(12)13/h4-7H2,1-3H3/p+1. The second-order valence-corrected chi connectivity index (χ2v) is 8.94. The molecule has 2 aliphatic rings. The van der Waals surface area contributed by atoms with E-state index in [1.807, 2.05) is 30.1 Å². The quantitative estimate of drug-likeness (QED) is 0.755. The Labute approximate surface area is 125 Å². The van der Waals surface area contributed by atoms with E-state index in [-0.39, 0.29) is 10.3 Å². The van der Waals surface area contributed by atoms with Gasteiger partial charge in [0.2, 0.25) is 0 Å². The van der Waals surface area contributed by atoms with Gasteiger partial charge in [0.25, 0.3) is 0 Å². The molecule has 0 saturated carbocycles. The first kappa shape index (κ1) is 12.7. The maximum absolute atomic E-state index is 12.7. The Hall–Kier alpha value is -1.01. The van der Waals surface area contributed by atoms with Gasteiger partial charge in [-0.15, -0.1) is 23.1 Å². The Bertz CT molecular complexity index is 788. The van der Waals surface area contributed by atoms with Crippen molar-refractivity contribution in [2.45, 2.75) is 37.3 Å². The van der Waals surface area contributed by atoms with E-state index in [1.54, 1.807) is 4.57 Å². The van der Waals surface area contributed by atoms with Crippen LogP contribution in [0.3, 0.4) is 0 Å². The SMILES string of the molecule is Cn1c2[n+](c3sc4c(c3c1=O)CC(C)(C)SC4)CCN2. The van der Waals surface area contributed by atoms with Crippen LogP contribution in [0.2, 0.25) is 0 Å². The van der Waals surface area contributed by atoms with Crippen molar-refractivity contribution in [3.05, 3.63) is 20.8 Å². The van der Waals surface area contributed by atoms with E-state index in [4.69, 9.17) is 0 Å². The summed E-state index contributed by atoms with van der Waals surface area (Å²) in [6.07, 6.45) is 0.995. The lowest BCUT2D eigenvalue weighted by Crippen LogP contribution is -2.38. The third-order valence-electron chi connectivity index (χ3n) is 4.22.